The minimum atomic E-state index is -0.567. The van der Waals surface area contributed by atoms with Gasteiger partial charge in [-0.25, -0.2) is 0 Å². The molecule has 17 heavy (non-hydrogen) atoms. The molecule has 2 N–H and O–H groups in total. The van der Waals surface area contributed by atoms with Crippen molar-refractivity contribution in [2.75, 3.05) is 12.8 Å². The highest BCUT2D eigenvalue weighted by Crippen LogP contribution is 2.25. The molecule has 1 heterocycles. The van der Waals surface area contributed by atoms with E-state index in [1.165, 1.54) is 0 Å². The lowest BCUT2D eigenvalue weighted by atomic mass is 10.1. The molecule has 0 atom stereocenters. The van der Waals surface area contributed by atoms with Crippen LogP contribution in [0.25, 0.3) is 11.5 Å². The van der Waals surface area contributed by atoms with Gasteiger partial charge in [-0.05, 0) is 32.0 Å². The Bertz CT molecular complexity index is 520. The molecule has 0 aliphatic heterocycles. The number of nitrogen functional groups attached to an aromatic ring is 1. The zero-order valence-electron chi connectivity index (χ0n) is 10.1. The van der Waals surface area contributed by atoms with E-state index in [1.807, 2.05) is 26.0 Å². The van der Waals surface area contributed by atoms with E-state index in [0.717, 1.165) is 5.56 Å². The first kappa shape index (κ1) is 11.6. The van der Waals surface area contributed by atoms with Crippen molar-refractivity contribution >= 4 is 5.69 Å². The summed E-state index contributed by atoms with van der Waals surface area (Å²) in [6.45, 7) is 3.75. The first-order valence-electron chi connectivity index (χ1n) is 5.28. The summed E-state index contributed by atoms with van der Waals surface area (Å²) in [5.74, 6) is 0.954. The summed E-state index contributed by atoms with van der Waals surface area (Å²) in [5.41, 5.74) is 6.59. The molecule has 1 aromatic heterocycles. The summed E-state index contributed by atoms with van der Waals surface area (Å²) in [6.07, 6.45) is 0. The first-order chi connectivity index (χ1) is 8.03. The van der Waals surface area contributed by atoms with Crippen molar-refractivity contribution in [3.63, 3.8) is 0 Å². The molecule has 1 aromatic carbocycles. The van der Waals surface area contributed by atoms with E-state index < -0.39 is 5.60 Å². The van der Waals surface area contributed by atoms with Gasteiger partial charge in [0.1, 0.15) is 5.60 Å². The minimum Gasteiger partial charge on any atom is -0.399 e. The molecule has 0 saturated carbocycles. The molecule has 5 heteroatoms. The van der Waals surface area contributed by atoms with Crippen LogP contribution < -0.4 is 5.73 Å². The van der Waals surface area contributed by atoms with Gasteiger partial charge in [0.05, 0.1) is 0 Å². The number of ether oxygens (including phenoxy) is 1. The number of aromatic nitrogens is 2. The van der Waals surface area contributed by atoms with Gasteiger partial charge in [-0.2, -0.15) is 4.98 Å². The zero-order chi connectivity index (χ0) is 12.5. The van der Waals surface area contributed by atoms with E-state index in [4.69, 9.17) is 15.0 Å². The van der Waals surface area contributed by atoms with Crippen LogP contribution in [0.3, 0.4) is 0 Å². The molecule has 0 radical (unpaired) electrons. The number of hydrogen-bond donors (Lipinski definition) is 1. The standard InChI is InChI=1S/C12H15N3O2/c1-12(2,16-3)11-14-10(17-15-11)8-5-4-6-9(13)7-8/h4-7H,13H2,1-3H3. The van der Waals surface area contributed by atoms with E-state index in [9.17, 15) is 0 Å². The Morgan fingerprint density at radius 1 is 1.35 bits per heavy atom. The van der Waals surface area contributed by atoms with E-state index in [1.54, 1.807) is 19.2 Å². The Hall–Kier alpha value is -1.88. The molecular weight excluding hydrogens is 218 g/mol. The molecule has 5 nitrogen and oxygen atoms in total. The normalized spacial score (nSPS) is 11.7. The third-order valence-electron chi connectivity index (χ3n) is 2.61. The fraction of sp³-hybridized carbons (Fsp3) is 0.333. The highest BCUT2D eigenvalue weighted by molar-refractivity contribution is 5.59. The van der Waals surface area contributed by atoms with E-state index in [-0.39, 0.29) is 0 Å². The van der Waals surface area contributed by atoms with Gasteiger partial charge in [-0.15, -0.1) is 0 Å². The number of methoxy groups -OCH3 is 1. The quantitative estimate of drug-likeness (QED) is 0.822. The van der Waals surface area contributed by atoms with E-state index >= 15 is 0 Å². The molecule has 0 spiro atoms. The number of benzene rings is 1. The van der Waals surface area contributed by atoms with Crippen molar-refractivity contribution in [2.45, 2.75) is 19.4 Å². The smallest absolute Gasteiger partial charge is 0.258 e. The van der Waals surface area contributed by atoms with Crippen LogP contribution >= 0.6 is 0 Å². The zero-order valence-corrected chi connectivity index (χ0v) is 10.1. The largest absolute Gasteiger partial charge is 0.399 e. The highest BCUT2D eigenvalue weighted by Gasteiger charge is 2.26. The lowest BCUT2D eigenvalue weighted by Crippen LogP contribution is -2.21. The summed E-state index contributed by atoms with van der Waals surface area (Å²) < 4.78 is 10.5. The average Bonchev–Trinajstić information content (AvgIpc) is 2.79. The summed E-state index contributed by atoms with van der Waals surface area (Å²) in [6, 6.07) is 7.31. The second-order valence-corrected chi connectivity index (χ2v) is 4.26. The van der Waals surface area contributed by atoms with Crippen LogP contribution in [0.2, 0.25) is 0 Å². The monoisotopic (exact) mass is 233 g/mol. The first-order valence-corrected chi connectivity index (χ1v) is 5.28. The van der Waals surface area contributed by atoms with Crippen molar-refractivity contribution in [3.8, 4) is 11.5 Å². The molecule has 0 aliphatic carbocycles. The van der Waals surface area contributed by atoms with Crippen LogP contribution in [0.5, 0.6) is 0 Å². The van der Waals surface area contributed by atoms with Gasteiger partial charge in [0, 0.05) is 18.4 Å². The molecule has 0 amide bonds. The van der Waals surface area contributed by atoms with Crippen molar-refractivity contribution in [2.24, 2.45) is 0 Å². The van der Waals surface area contributed by atoms with E-state index in [0.29, 0.717) is 17.4 Å². The van der Waals surface area contributed by atoms with Crippen molar-refractivity contribution in [1.82, 2.24) is 10.1 Å². The van der Waals surface area contributed by atoms with Gasteiger partial charge < -0.3 is 15.0 Å². The van der Waals surface area contributed by atoms with Crippen molar-refractivity contribution in [3.05, 3.63) is 30.1 Å². The van der Waals surface area contributed by atoms with Crippen LogP contribution in [0, 0.1) is 0 Å². The predicted octanol–water partition coefficient (Wildman–Crippen LogP) is 2.20. The summed E-state index contributed by atoms with van der Waals surface area (Å²) in [7, 11) is 1.61. The average molecular weight is 233 g/mol. The molecule has 0 bridgehead atoms. The maximum Gasteiger partial charge on any atom is 0.258 e. The van der Waals surface area contributed by atoms with Crippen LogP contribution in [0.4, 0.5) is 5.69 Å². The maximum atomic E-state index is 5.70. The topological polar surface area (TPSA) is 74.2 Å². The number of hydrogen-bond acceptors (Lipinski definition) is 5. The molecule has 2 aromatic rings. The Balaban J connectivity index is 2.36. The van der Waals surface area contributed by atoms with Gasteiger partial charge in [0.2, 0.25) is 5.82 Å². The van der Waals surface area contributed by atoms with Gasteiger partial charge in [0.25, 0.3) is 5.89 Å². The molecular formula is C12H15N3O2. The second-order valence-electron chi connectivity index (χ2n) is 4.26. The summed E-state index contributed by atoms with van der Waals surface area (Å²) in [5, 5.41) is 3.91. The minimum absolute atomic E-state index is 0.442. The predicted molar refractivity (Wildman–Crippen MR) is 64.2 cm³/mol. The van der Waals surface area contributed by atoms with Crippen LogP contribution in [0.1, 0.15) is 19.7 Å². The molecule has 0 unspecified atom stereocenters. The van der Waals surface area contributed by atoms with Crippen molar-refractivity contribution < 1.29 is 9.26 Å². The Kier molecular flexibility index (Phi) is 2.85. The third-order valence-corrected chi connectivity index (χ3v) is 2.61. The number of rotatable bonds is 3. The lowest BCUT2D eigenvalue weighted by Gasteiger charge is -2.17. The van der Waals surface area contributed by atoms with Crippen LogP contribution in [0.15, 0.2) is 28.8 Å². The van der Waals surface area contributed by atoms with Gasteiger partial charge in [-0.3, -0.25) is 0 Å². The lowest BCUT2D eigenvalue weighted by molar-refractivity contribution is 0.00973. The molecule has 2 rings (SSSR count). The molecule has 90 valence electrons. The van der Waals surface area contributed by atoms with Crippen molar-refractivity contribution in [1.29, 1.82) is 0 Å². The number of nitrogens with zero attached hydrogens (tertiary/aromatic N) is 2. The number of nitrogens with two attached hydrogens (primary N) is 1. The maximum absolute atomic E-state index is 5.70. The van der Waals surface area contributed by atoms with E-state index in [2.05, 4.69) is 10.1 Å². The van der Waals surface area contributed by atoms with Crippen LogP contribution in [-0.2, 0) is 10.3 Å². The summed E-state index contributed by atoms with van der Waals surface area (Å²) >= 11 is 0. The Labute approximate surface area is 99.6 Å². The highest BCUT2D eigenvalue weighted by atomic mass is 16.5. The molecule has 0 fully saturated rings. The summed E-state index contributed by atoms with van der Waals surface area (Å²) in [4.78, 5) is 4.31. The van der Waals surface area contributed by atoms with Gasteiger partial charge in [-0.1, -0.05) is 11.2 Å². The van der Waals surface area contributed by atoms with Gasteiger partial charge >= 0.3 is 0 Å². The SMILES string of the molecule is COC(C)(C)c1noc(-c2cccc(N)c2)n1. The Morgan fingerprint density at radius 2 is 2.12 bits per heavy atom. The Morgan fingerprint density at radius 3 is 2.76 bits per heavy atom. The molecule has 0 saturated heterocycles. The fourth-order valence-electron chi connectivity index (χ4n) is 1.35. The second kappa shape index (κ2) is 4.18. The third kappa shape index (κ3) is 2.29. The van der Waals surface area contributed by atoms with Crippen LogP contribution in [-0.4, -0.2) is 17.3 Å². The number of anilines is 1. The fourth-order valence-corrected chi connectivity index (χ4v) is 1.35. The molecule has 0 aliphatic rings. The van der Waals surface area contributed by atoms with Gasteiger partial charge in [0.15, 0.2) is 0 Å².